The number of imide groups is 1. The second-order valence-corrected chi connectivity index (χ2v) is 7.90. The lowest BCUT2D eigenvalue weighted by Gasteiger charge is -2.42. The Labute approximate surface area is 177 Å². The molecule has 0 saturated carbocycles. The number of carbonyl (C=O) groups excluding carboxylic acids is 2. The molecule has 2 aliphatic rings. The van der Waals surface area contributed by atoms with Crippen molar-refractivity contribution in [3.63, 3.8) is 0 Å². The Balaban J connectivity index is 1.47. The van der Waals surface area contributed by atoms with Crippen LogP contribution in [0.4, 0.5) is 4.79 Å². The van der Waals surface area contributed by atoms with Gasteiger partial charge in [0.2, 0.25) is 0 Å². The standard InChI is InChI=1S/C23H28N4O3/c1-3-27-22(29)26(17-19-8-4-5-12-24-19)21(28)23(27)10-13-25(14-11-23)16-18-7-6-9-20(15-18)30-2/h4-9,12,15H,3,10-11,13-14,16-17H2,1-2H3. The van der Waals surface area contributed by atoms with E-state index >= 15 is 0 Å². The molecule has 1 spiro atoms. The van der Waals surface area contributed by atoms with E-state index in [0.717, 1.165) is 31.1 Å². The lowest BCUT2D eigenvalue weighted by molar-refractivity contribution is -0.136. The molecule has 7 heteroatoms. The molecule has 7 nitrogen and oxygen atoms in total. The molecule has 30 heavy (non-hydrogen) atoms. The van der Waals surface area contributed by atoms with Gasteiger partial charge in [-0.15, -0.1) is 0 Å². The van der Waals surface area contributed by atoms with Crippen LogP contribution >= 0.6 is 0 Å². The van der Waals surface area contributed by atoms with Gasteiger partial charge in [0, 0.05) is 32.4 Å². The third kappa shape index (κ3) is 3.65. The van der Waals surface area contributed by atoms with E-state index < -0.39 is 5.54 Å². The molecule has 0 bridgehead atoms. The fraction of sp³-hybridized carbons (Fsp3) is 0.435. The summed E-state index contributed by atoms with van der Waals surface area (Å²) in [7, 11) is 1.67. The van der Waals surface area contributed by atoms with Gasteiger partial charge in [-0.2, -0.15) is 0 Å². The molecule has 0 N–H and O–H groups in total. The Kier molecular flexibility index (Phi) is 5.72. The number of piperidine rings is 1. The van der Waals surface area contributed by atoms with Gasteiger partial charge in [0.15, 0.2) is 0 Å². The smallest absolute Gasteiger partial charge is 0.328 e. The molecule has 2 fully saturated rings. The molecule has 0 atom stereocenters. The molecule has 3 heterocycles. The van der Waals surface area contributed by atoms with Gasteiger partial charge in [0.1, 0.15) is 11.3 Å². The minimum atomic E-state index is -0.731. The third-order valence-corrected chi connectivity index (χ3v) is 6.21. The average Bonchev–Trinajstić information content (AvgIpc) is 2.97. The summed E-state index contributed by atoms with van der Waals surface area (Å²) in [6.45, 7) is 5.04. The highest BCUT2D eigenvalue weighted by Crippen LogP contribution is 2.38. The topological polar surface area (TPSA) is 66.0 Å². The lowest BCUT2D eigenvalue weighted by atomic mass is 9.85. The van der Waals surface area contributed by atoms with Crippen LogP contribution in [0.15, 0.2) is 48.7 Å². The van der Waals surface area contributed by atoms with E-state index in [2.05, 4.69) is 16.0 Å². The van der Waals surface area contributed by atoms with E-state index in [1.54, 1.807) is 18.2 Å². The Hall–Kier alpha value is -2.93. The molecule has 158 valence electrons. The number of methoxy groups -OCH3 is 1. The maximum atomic E-state index is 13.4. The number of likely N-dealkylation sites (N-methyl/N-ethyl adjacent to an activating group) is 1. The summed E-state index contributed by atoms with van der Waals surface area (Å²) < 4.78 is 5.32. The molecule has 2 aromatic rings. The quantitative estimate of drug-likeness (QED) is 0.688. The number of amides is 3. The molecular weight excluding hydrogens is 380 g/mol. The van der Waals surface area contributed by atoms with Crippen molar-refractivity contribution in [2.24, 2.45) is 0 Å². The van der Waals surface area contributed by atoms with E-state index in [1.807, 2.05) is 43.3 Å². The molecule has 1 aromatic heterocycles. The van der Waals surface area contributed by atoms with Crippen LogP contribution in [0, 0.1) is 0 Å². The molecule has 1 aromatic carbocycles. The minimum absolute atomic E-state index is 0.0824. The second-order valence-electron chi connectivity index (χ2n) is 7.90. The van der Waals surface area contributed by atoms with E-state index in [9.17, 15) is 9.59 Å². The summed E-state index contributed by atoms with van der Waals surface area (Å²) in [5.41, 5.74) is 1.18. The van der Waals surface area contributed by atoms with Crippen molar-refractivity contribution in [3.05, 3.63) is 59.9 Å². The Morgan fingerprint density at radius 2 is 1.87 bits per heavy atom. The van der Waals surface area contributed by atoms with Crippen LogP contribution < -0.4 is 4.74 Å². The fourth-order valence-electron chi connectivity index (χ4n) is 4.61. The molecule has 0 radical (unpaired) electrons. The zero-order chi connectivity index (χ0) is 21.1. The van der Waals surface area contributed by atoms with Crippen LogP contribution in [0.3, 0.4) is 0 Å². The number of rotatable bonds is 6. The summed E-state index contributed by atoms with van der Waals surface area (Å²) in [6, 6.07) is 13.4. The van der Waals surface area contributed by atoms with Crippen molar-refractivity contribution in [2.45, 2.75) is 38.4 Å². The molecule has 2 aliphatic heterocycles. The van der Waals surface area contributed by atoms with Crippen molar-refractivity contribution in [2.75, 3.05) is 26.7 Å². The van der Waals surface area contributed by atoms with Crippen LogP contribution in [-0.4, -0.2) is 63.9 Å². The van der Waals surface area contributed by atoms with E-state index in [-0.39, 0.29) is 18.5 Å². The van der Waals surface area contributed by atoms with Gasteiger partial charge in [0.25, 0.3) is 5.91 Å². The first-order valence-corrected chi connectivity index (χ1v) is 10.5. The Bertz CT molecular complexity index is 910. The predicted octanol–water partition coefficient (Wildman–Crippen LogP) is 2.91. The number of benzene rings is 1. The number of likely N-dealkylation sites (tertiary alicyclic amines) is 1. The number of hydrogen-bond donors (Lipinski definition) is 0. The summed E-state index contributed by atoms with van der Waals surface area (Å²) in [4.78, 5) is 36.2. The number of hydrogen-bond acceptors (Lipinski definition) is 5. The molecule has 0 unspecified atom stereocenters. The predicted molar refractivity (Wildman–Crippen MR) is 113 cm³/mol. The summed E-state index contributed by atoms with van der Waals surface area (Å²) >= 11 is 0. The number of urea groups is 1. The average molecular weight is 409 g/mol. The van der Waals surface area contributed by atoms with Crippen molar-refractivity contribution in [3.8, 4) is 5.75 Å². The van der Waals surface area contributed by atoms with Crippen LogP contribution in [-0.2, 0) is 17.9 Å². The number of pyridine rings is 1. The fourth-order valence-corrected chi connectivity index (χ4v) is 4.61. The normalized spacial score (nSPS) is 19.0. The maximum absolute atomic E-state index is 13.4. The van der Waals surface area contributed by atoms with E-state index in [1.165, 1.54) is 10.5 Å². The first kappa shape index (κ1) is 20.3. The summed E-state index contributed by atoms with van der Waals surface area (Å²) in [5.74, 6) is 0.765. The van der Waals surface area contributed by atoms with Gasteiger partial charge in [-0.3, -0.25) is 19.6 Å². The summed E-state index contributed by atoms with van der Waals surface area (Å²) in [6.07, 6.45) is 2.98. The number of ether oxygens (including phenoxy) is 1. The van der Waals surface area contributed by atoms with Crippen LogP contribution in [0.25, 0.3) is 0 Å². The number of aromatic nitrogens is 1. The second kappa shape index (κ2) is 8.44. The van der Waals surface area contributed by atoms with Gasteiger partial charge in [-0.05, 0) is 49.6 Å². The van der Waals surface area contributed by atoms with E-state index in [0.29, 0.717) is 19.4 Å². The summed E-state index contributed by atoms with van der Waals surface area (Å²) in [5, 5.41) is 0. The highest BCUT2D eigenvalue weighted by Gasteiger charge is 2.57. The van der Waals surface area contributed by atoms with Gasteiger partial charge in [-0.1, -0.05) is 18.2 Å². The Morgan fingerprint density at radius 1 is 1.07 bits per heavy atom. The van der Waals surface area contributed by atoms with Gasteiger partial charge >= 0.3 is 6.03 Å². The van der Waals surface area contributed by atoms with Crippen molar-refractivity contribution >= 4 is 11.9 Å². The number of carbonyl (C=O) groups is 2. The molecule has 0 aliphatic carbocycles. The van der Waals surface area contributed by atoms with Crippen molar-refractivity contribution < 1.29 is 14.3 Å². The van der Waals surface area contributed by atoms with E-state index in [4.69, 9.17) is 4.74 Å². The van der Waals surface area contributed by atoms with Crippen molar-refractivity contribution in [1.29, 1.82) is 0 Å². The molecule has 3 amide bonds. The third-order valence-electron chi connectivity index (χ3n) is 6.21. The first-order valence-electron chi connectivity index (χ1n) is 10.5. The van der Waals surface area contributed by atoms with Crippen LogP contribution in [0.2, 0.25) is 0 Å². The molecular formula is C23H28N4O3. The minimum Gasteiger partial charge on any atom is -0.497 e. The highest BCUT2D eigenvalue weighted by atomic mass is 16.5. The molecule has 2 saturated heterocycles. The van der Waals surface area contributed by atoms with Gasteiger partial charge < -0.3 is 9.64 Å². The molecule has 4 rings (SSSR count). The zero-order valence-electron chi connectivity index (χ0n) is 17.6. The monoisotopic (exact) mass is 408 g/mol. The van der Waals surface area contributed by atoms with Gasteiger partial charge in [0.05, 0.1) is 19.3 Å². The SMILES string of the molecule is CCN1C(=O)N(Cc2ccccn2)C(=O)C12CCN(Cc1cccc(OC)c1)CC2. The lowest BCUT2D eigenvalue weighted by Crippen LogP contribution is -2.56. The van der Waals surface area contributed by atoms with Crippen LogP contribution in [0.1, 0.15) is 31.0 Å². The number of nitrogens with zero attached hydrogens (tertiary/aromatic N) is 4. The largest absolute Gasteiger partial charge is 0.497 e. The highest BCUT2D eigenvalue weighted by molar-refractivity contribution is 6.07. The maximum Gasteiger partial charge on any atom is 0.328 e. The van der Waals surface area contributed by atoms with Crippen molar-refractivity contribution in [1.82, 2.24) is 19.7 Å². The zero-order valence-corrected chi connectivity index (χ0v) is 17.6. The van der Waals surface area contributed by atoms with Crippen LogP contribution in [0.5, 0.6) is 5.75 Å². The van der Waals surface area contributed by atoms with Gasteiger partial charge in [-0.25, -0.2) is 4.79 Å². The first-order chi connectivity index (χ1) is 14.6. The Morgan fingerprint density at radius 3 is 2.53 bits per heavy atom.